The standard InChI is InChI=1S/C94H58N20/c1-5-59(87-99-69-25-15-51(39-79(69)107-87)49-13-23-67-77(37-49)97-47-95-67)33-61(7-1)89-101-71-27-17-53(41-81(71)109-89)55-19-29-73-83(43-55)111-91(103-73)63-9-3-11-65(35-63)93-105-75-31-21-57(45-85(75)113-93)58-22-32-76-86(46-58)114-94(106-76)66-12-4-10-64(36-66)92-104-74-30-20-56(44-84(74)112-92)54-18-28-72-82(42-54)110-90(102-72)62-8-2-6-60(34-62)88-100-70-26-16-52(40-80(70)108-88)50-14-24-68-78(38-50)98-48-96-68/h1-48H,(H,95,97)(H,96,98)(H,99,107)(H,100,108)(H,101,109)(H,102,110)(H,103,111)(H,104,112)(H,105,113)(H,106,114). The van der Waals surface area contributed by atoms with Crippen LogP contribution >= 0.6 is 0 Å². The lowest BCUT2D eigenvalue weighted by Crippen LogP contribution is -1.84. The van der Waals surface area contributed by atoms with Crippen molar-refractivity contribution in [3.63, 3.8) is 0 Å². The van der Waals surface area contributed by atoms with E-state index in [0.717, 1.165) is 257 Å². The topological polar surface area (TPSA) is 287 Å². The highest BCUT2D eigenvalue weighted by Gasteiger charge is 2.20. The van der Waals surface area contributed by atoms with Gasteiger partial charge in [-0.25, -0.2) is 49.8 Å². The third-order valence-corrected chi connectivity index (χ3v) is 22.0. The summed E-state index contributed by atoms with van der Waals surface area (Å²) in [6.07, 6.45) is 3.44. The van der Waals surface area contributed by atoms with Gasteiger partial charge in [-0.2, -0.15) is 0 Å². The molecule has 534 valence electrons. The summed E-state index contributed by atoms with van der Waals surface area (Å²) in [5.74, 6) is 6.22. The van der Waals surface area contributed by atoms with Crippen LogP contribution in [0.5, 0.6) is 0 Å². The normalized spacial score (nSPS) is 12.0. The molecule has 0 atom stereocenters. The Balaban J connectivity index is 0.441. The number of hydrogen-bond donors (Lipinski definition) is 10. The van der Waals surface area contributed by atoms with E-state index < -0.39 is 0 Å². The van der Waals surface area contributed by atoms with Gasteiger partial charge in [-0.1, -0.05) is 133 Å². The molecule has 24 rings (SSSR count). The Morgan fingerprint density at radius 3 is 0.474 bits per heavy atom. The predicted octanol–water partition coefficient (Wildman–Crippen LogP) is 22.1. The monoisotopic (exact) mass is 1470 g/mol. The molecule has 0 aliphatic rings. The number of rotatable bonds is 13. The molecule has 0 aliphatic heterocycles. The molecule has 10 heterocycles. The van der Waals surface area contributed by atoms with Crippen molar-refractivity contribution in [1.82, 2.24) is 99.7 Å². The number of fused-ring (bicyclic) bond motifs is 10. The van der Waals surface area contributed by atoms with Gasteiger partial charge in [-0.05, 0) is 201 Å². The number of nitrogens with one attached hydrogen (secondary N) is 10. The predicted molar refractivity (Wildman–Crippen MR) is 454 cm³/mol. The molecule has 14 aromatic carbocycles. The second-order valence-corrected chi connectivity index (χ2v) is 29.1. The van der Waals surface area contributed by atoms with Crippen molar-refractivity contribution in [3.05, 3.63) is 292 Å². The van der Waals surface area contributed by atoms with Crippen LogP contribution in [0.1, 0.15) is 0 Å². The lowest BCUT2D eigenvalue weighted by Gasteiger charge is -2.01. The summed E-state index contributed by atoms with van der Waals surface area (Å²) in [6.45, 7) is 0. The van der Waals surface area contributed by atoms with Gasteiger partial charge >= 0.3 is 0 Å². The Morgan fingerprint density at radius 2 is 0.298 bits per heavy atom. The van der Waals surface area contributed by atoms with Gasteiger partial charge in [0.15, 0.2) is 0 Å². The van der Waals surface area contributed by atoms with Crippen LogP contribution in [0.3, 0.4) is 0 Å². The zero-order valence-electron chi connectivity index (χ0n) is 60.2. The number of imidazole rings is 10. The Bertz CT molecular complexity index is 7580. The molecule has 10 aromatic heterocycles. The molecule has 10 N–H and O–H groups in total. The van der Waals surface area contributed by atoms with Crippen LogP contribution in [-0.4, -0.2) is 99.7 Å². The van der Waals surface area contributed by atoms with Crippen LogP contribution in [-0.2, 0) is 0 Å². The van der Waals surface area contributed by atoms with Crippen molar-refractivity contribution in [2.75, 3.05) is 0 Å². The van der Waals surface area contributed by atoms with E-state index in [2.05, 4.69) is 315 Å². The highest BCUT2D eigenvalue weighted by molar-refractivity contribution is 5.96. The Labute approximate surface area is 644 Å². The summed E-state index contributed by atoms with van der Waals surface area (Å²) in [6, 6.07) is 96.6. The SMILES string of the molecule is c1cc(-c2nc3cc(-c4ccc5[nH]cnc5c4)ccc3[nH]2)cc(-c2nc3cc(-c4ccc5[nH]c(-c6cccc(-c7nc8cc(-c9ccc%10[nH]c(-c%11cccc(-c%12nc%13cc(-c%14ccc%15[nH]c(-c%16cccc(-c%17nc%18cc(-c%19ccc%20[nH]cnc%20c%19)ccc%18[nH]%17)c%16)nc%15c%14)ccc%13[nH]%12)c%11)nc%10c9)ccc8[nH]7)c6)nc5c4)ccc3[nH]2)c1. The van der Waals surface area contributed by atoms with Crippen LogP contribution in [0.25, 0.3) is 257 Å². The van der Waals surface area contributed by atoms with Crippen molar-refractivity contribution in [2.24, 2.45) is 0 Å². The average Bonchev–Trinajstić information content (AvgIpc) is 1.65. The maximum absolute atomic E-state index is 5.15. The first kappa shape index (κ1) is 62.8. The van der Waals surface area contributed by atoms with Gasteiger partial charge in [0.2, 0.25) is 0 Å². The lowest BCUT2D eigenvalue weighted by atomic mass is 10.0. The number of nitrogens with zero attached hydrogens (tertiary/aromatic N) is 10. The summed E-state index contributed by atoms with van der Waals surface area (Å²) >= 11 is 0. The van der Waals surface area contributed by atoms with E-state index in [4.69, 9.17) is 39.9 Å². The van der Waals surface area contributed by atoms with Crippen molar-refractivity contribution in [2.45, 2.75) is 0 Å². The summed E-state index contributed by atoms with van der Waals surface area (Å²) in [5.41, 5.74) is 36.7. The molecule has 0 saturated carbocycles. The minimum Gasteiger partial charge on any atom is -0.345 e. The quantitative estimate of drug-likeness (QED) is 0.0521. The van der Waals surface area contributed by atoms with Gasteiger partial charge in [0.05, 0.1) is 123 Å². The fourth-order valence-corrected chi connectivity index (χ4v) is 16.1. The summed E-state index contributed by atoms with van der Waals surface area (Å²) < 4.78 is 0. The van der Waals surface area contributed by atoms with Crippen molar-refractivity contribution < 1.29 is 0 Å². The molecule has 0 aliphatic carbocycles. The number of aromatic amines is 10. The zero-order chi connectivity index (χ0) is 74.6. The van der Waals surface area contributed by atoms with Gasteiger partial charge in [-0.3, -0.25) is 0 Å². The maximum Gasteiger partial charge on any atom is 0.138 e. The fourth-order valence-electron chi connectivity index (χ4n) is 16.1. The van der Waals surface area contributed by atoms with Gasteiger partial charge in [0, 0.05) is 44.5 Å². The number of H-pyrrole nitrogens is 10. The lowest BCUT2D eigenvalue weighted by molar-refractivity contribution is 1.31. The molecule has 114 heavy (non-hydrogen) atoms. The van der Waals surface area contributed by atoms with Crippen LogP contribution in [0.15, 0.2) is 292 Å². The Kier molecular flexibility index (Phi) is 13.6. The summed E-state index contributed by atoms with van der Waals surface area (Å²) in [7, 11) is 0. The molecule has 0 fully saturated rings. The number of hydrogen-bond acceptors (Lipinski definition) is 10. The van der Waals surface area contributed by atoms with Crippen LogP contribution in [0.4, 0.5) is 0 Å². The zero-order valence-corrected chi connectivity index (χ0v) is 60.2. The van der Waals surface area contributed by atoms with Crippen LogP contribution in [0, 0.1) is 0 Å². The van der Waals surface area contributed by atoms with Crippen molar-refractivity contribution in [3.8, 4) is 147 Å². The number of aromatic nitrogens is 20. The minimum atomic E-state index is 0.768. The Morgan fingerprint density at radius 1 is 0.140 bits per heavy atom. The fraction of sp³-hybridized carbons (Fsp3) is 0. The van der Waals surface area contributed by atoms with E-state index in [1.807, 2.05) is 24.3 Å². The van der Waals surface area contributed by atoms with Gasteiger partial charge in [0.25, 0.3) is 0 Å². The molecule has 0 saturated heterocycles. The molecule has 0 radical (unpaired) electrons. The van der Waals surface area contributed by atoms with E-state index in [1.165, 1.54) is 0 Å². The van der Waals surface area contributed by atoms with Gasteiger partial charge in [0.1, 0.15) is 46.6 Å². The van der Waals surface area contributed by atoms with Crippen molar-refractivity contribution in [1.29, 1.82) is 0 Å². The van der Waals surface area contributed by atoms with Gasteiger partial charge in [-0.15, -0.1) is 0 Å². The van der Waals surface area contributed by atoms with Crippen molar-refractivity contribution >= 4 is 110 Å². The molecule has 0 unspecified atom stereocenters. The first-order chi connectivity index (χ1) is 56.2. The summed E-state index contributed by atoms with van der Waals surface area (Å²) in [4.78, 5) is 84.7. The van der Waals surface area contributed by atoms with E-state index in [1.54, 1.807) is 12.7 Å². The Hall–Kier alpha value is -16.2. The van der Waals surface area contributed by atoms with E-state index in [-0.39, 0.29) is 0 Å². The van der Waals surface area contributed by atoms with Gasteiger partial charge < -0.3 is 49.8 Å². The average molecular weight is 1470 g/mol. The largest absolute Gasteiger partial charge is 0.345 e. The maximum atomic E-state index is 5.15. The molecule has 0 bridgehead atoms. The minimum absolute atomic E-state index is 0.768. The molecule has 0 amide bonds. The highest BCUT2D eigenvalue weighted by atomic mass is 15.0. The first-order valence-corrected chi connectivity index (χ1v) is 37.5. The second kappa shape index (κ2) is 24.7. The van der Waals surface area contributed by atoms with E-state index in [9.17, 15) is 0 Å². The molecule has 20 nitrogen and oxygen atoms in total. The second-order valence-electron chi connectivity index (χ2n) is 29.1. The number of benzene rings is 14. The third-order valence-electron chi connectivity index (χ3n) is 22.0. The molecular formula is C94H58N20. The molecule has 20 heteroatoms. The third kappa shape index (κ3) is 10.8. The van der Waals surface area contributed by atoms with Crippen LogP contribution < -0.4 is 0 Å². The van der Waals surface area contributed by atoms with E-state index in [0.29, 0.717) is 0 Å². The smallest absolute Gasteiger partial charge is 0.138 e. The molecular weight excluding hydrogens is 1410 g/mol. The first-order valence-electron chi connectivity index (χ1n) is 37.5. The molecule has 0 spiro atoms. The molecule has 24 aromatic rings. The van der Waals surface area contributed by atoms with Crippen LogP contribution in [0.2, 0.25) is 0 Å². The summed E-state index contributed by atoms with van der Waals surface area (Å²) in [5, 5.41) is 0. The van der Waals surface area contributed by atoms with E-state index >= 15 is 0 Å². The highest BCUT2D eigenvalue weighted by Crippen LogP contribution is 2.39.